The van der Waals surface area contributed by atoms with Gasteiger partial charge in [-0.2, -0.15) is 0 Å². The van der Waals surface area contributed by atoms with Gasteiger partial charge in [0, 0.05) is 5.56 Å². The summed E-state index contributed by atoms with van der Waals surface area (Å²) in [5.41, 5.74) is 1.91. The van der Waals surface area contributed by atoms with Gasteiger partial charge in [-0.05, 0) is 13.0 Å². The van der Waals surface area contributed by atoms with E-state index in [0.29, 0.717) is 0 Å². The van der Waals surface area contributed by atoms with Crippen LogP contribution in [0, 0.1) is 6.92 Å². The monoisotopic (exact) mass is 189 g/mol. The van der Waals surface area contributed by atoms with E-state index in [1.165, 1.54) is 6.39 Å². The molecule has 3 nitrogen and oxygen atoms in total. The second-order valence-corrected chi connectivity index (χ2v) is 3.07. The van der Waals surface area contributed by atoms with Crippen LogP contribution in [0.5, 0.6) is 0 Å². The molecule has 2 rings (SSSR count). The van der Waals surface area contributed by atoms with Crippen LogP contribution < -0.4 is 0 Å². The van der Waals surface area contributed by atoms with Crippen LogP contribution in [-0.4, -0.2) is 4.98 Å². The molecule has 0 saturated carbocycles. The zero-order valence-corrected chi connectivity index (χ0v) is 7.93. The van der Waals surface area contributed by atoms with Crippen molar-refractivity contribution in [3.05, 3.63) is 54.7 Å². The lowest BCUT2D eigenvalue weighted by Crippen LogP contribution is -1.96. The first-order valence-corrected chi connectivity index (χ1v) is 4.37. The Bertz CT molecular complexity index is 414. The van der Waals surface area contributed by atoms with Crippen LogP contribution in [0.15, 0.2) is 46.5 Å². The van der Waals surface area contributed by atoms with Crippen LogP contribution >= 0.6 is 0 Å². The van der Waals surface area contributed by atoms with Gasteiger partial charge in [-0.15, -0.1) is 6.58 Å². The molecule has 2 aromatic rings. The van der Waals surface area contributed by atoms with E-state index in [2.05, 4.69) is 11.6 Å². The molecule has 2 aromatic heterocycles. The number of aromatic nitrogens is 1. The predicted octanol–water partition coefficient (Wildman–Crippen LogP) is 2.89. The summed E-state index contributed by atoms with van der Waals surface area (Å²) in [6.45, 7) is 5.70. The Labute approximate surface area is 82.1 Å². The molecule has 3 heteroatoms. The second-order valence-electron chi connectivity index (χ2n) is 3.07. The van der Waals surface area contributed by atoms with Crippen molar-refractivity contribution in [3.8, 4) is 0 Å². The highest BCUT2D eigenvalue weighted by atomic mass is 16.3. The summed E-state index contributed by atoms with van der Waals surface area (Å²) >= 11 is 0. The van der Waals surface area contributed by atoms with Gasteiger partial charge in [-0.1, -0.05) is 6.08 Å². The van der Waals surface area contributed by atoms with Crippen molar-refractivity contribution in [1.82, 2.24) is 4.98 Å². The van der Waals surface area contributed by atoms with Gasteiger partial charge in [0.25, 0.3) is 0 Å². The van der Waals surface area contributed by atoms with E-state index in [-0.39, 0.29) is 5.92 Å². The molecule has 0 fully saturated rings. The summed E-state index contributed by atoms with van der Waals surface area (Å²) in [7, 11) is 0. The van der Waals surface area contributed by atoms with Crippen LogP contribution in [0.2, 0.25) is 0 Å². The van der Waals surface area contributed by atoms with E-state index in [4.69, 9.17) is 8.83 Å². The van der Waals surface area contributed by atoms with Crippen molar-refractivity contribution >= 4 is 0 Å². The lowest BCUT2D eigenvalue weighted by atomic mass is 9.98. The van der Waals surface area contributed by atoms with Gasteiger partial charge in [-0.25, -0.2) is 4.98 Å². The van der Waals surface area contributed by atoms with Crippen LogP contribution in [0.25, 0.3) is 0 Å². The van der Waals surface area contributed by atoms with E-state index < -0.39 is 0 Å². The minimum absolute atomic E-state index is 0.0243. The number of allylic oxidation sites excluding steroid dienone is 1. The van der Waals surface area contributed by atoms with Gasteiger partial charge in [0.05, 0.1) is 24.1 Å². The highest BCUT2D eigenvalue weighted by molar-refractivity contribution is 5.30. The number of hydrogen-bond acceptors (Lipinski definition) is 3. The minimum Gasteiger partial charge on any atom is -0.472 e. The molecule has 0 aliphatic rings. The maximum atomic E-state index is 5.32. The standard InChI is InChI=1S/C11H11NO2/c1-3-10(9-4-5-13-6-9)11-8(2)12-7-14-11/h3-7,10H,1H2,2H3. The maximum Gasteiger partial charge on any atom is 0.181 e. The molecule has 0 spiro atoms. The smallest absolute Gasteiger partial charge is 0.181 e. The van der Waals surface area contributed by atoms with Gasteiger partial charge in [0.15, 0.2) is 6.39 Å². The fourth-order valence-electron chi connectivity index (χ4n) is 1.46. The van der Waals surface area contributed by atoms with Crippen LogP contribution in [0.4, 0.5) is 0 Å². The quantitative estimate of drug-likeness (QED) is 0.697. The molecule has 2 heterocycles. The molecule has 0 amide bonds. The van der Waals surface area contributed by atoms with Crippen molar-refractivity contribution < 1.29 is 8.83 Å². The molecule has 0 radical (unpaired) electrons. The number of rotatable bonds is 3. The molecule has 14 heavy (non-hydrogen) atoms. The van der Waals surface area contributed by atoms with Gasteiger partial charge < -0.3 is 8.83 Å². The van der Waals surface area contributed by atoms with Crippen molar-refractivity contribution in [2.75, 3.05) is 0 Å². The van der Waals surface area contributed by atoms with Gasteiger partial charge in [0.1, 0.15) is 5.76 Å². The Hall–Kier alpha value is -1.77. The van der Waals surface area contributed by atoms with E-state index in [1.807, 2.05) is 19.1 Å². The summed E-state index contributed by atoms with van der Waals surface area (Å²) in [6.07, 6.45) is 6.59. The number of aryl methyl sites for hydroxylation is 1. The highest BCUT2D eigenvalue weighted by Crippen LogP contribution is 2.27. The molecule has 0 aliphatic carbocycles. The average Bonchev–Trinajstić information content (AvgIpc) is 2.80. The Morgan fingerprint density at radius 2 is 2.43 bits per heavy atom. The summed E-state index contributed by atoms with van der Waals surface area (Å²) in [5.74, 6) is 0.845. The molecule has 72 valence electrons. The number of furan rings is 1. The third kappa shape index (κ3) is 1.37. The van der Waals surface area contributed by atoms with Crippen molar-refractivity contribution in [3.63, 3.8) is 0 Å². The van der Waals surface area contributed by atoms with Gasteiger partial charge in [0.2, 0.25) is 0 Å². The average molecular weight is 189 g/mol. The summed E-state index contributed by atoms with van der Waals surface area (Å²) in [4.78, 5) is 4.05. The molecule has 0 aromatic carbocycles. The summed E-state index contributed by atoms with van der Waals surface area (Å²) in [5, 5.41) is 0. The number of nitrogens with zero attached hydrogens (tertiary/aromatic N) is 1. The molecule has 0 saturated heterocycles. The first kappa shape index (κ1) is 8.81. The van der Waals surface area contributed by atoms with Crippen LogP contribution in [0.3, 0.4) is 0 Å². The van der Waals surface area contributed by atoms with Crippen LogP contribution in [-0.2, 0) is 0 Å². The zero-order chi connectivity index (χ0) is 9.97. The number of hydrogen-bond donors (Lipinski definition) is 0. The van der Waals surface area contributed by atoms with E-state index in [0.717, 1.165) is 17.0 Å². The predicted molar refractivity (Wildman–Crippen MR) is 52.0 cm³/mol. The van der Waals surface area contributed by atoms with Crippen molar-refractivity contribution in [1.29, 1.82) is 0 Å². The number of oxazole rings is 1. The molecular weight excluding hydrogens is 178 g/mol. The molecule has 0 bridgehead atoms. The topological polar surface area (TPSA) is 39.2 Å². The molecule has 0 N–H and O–H groups in total. The van der Waals surface area contributed by atoms with E-state index in [1.54, 1.807) is 12.5 Å². The lowest BCUT2D eigenvalue weighted by Gasteiger charge is -2.06. The summed E-state index contributed by atoms with van der Waals surface area (Å²) < 4.78 is 10.3. The Morgan fingerprint density at radius 3 is 2.93 bits per heavy atom. The highest BCUT2D eigenvalue weighted by Gasteiger charge is 2.17. The van der Waals surface area contributed by atoms with Crippen molar-refractivity contribution in [2.45, 2.75) is 12.8 Å². The van der Waals surface area contributed by atoms with Gasteiger partial charge in [-0.3, -0.25) is 0 Å². The third-order valence-electron chi connectivity index (χ3n) is 2.20. The van der Waals surface area contributed by atoms with E-state index in [9.17, 15) is 0 Å². The summed E-state index contributed by atoms with van der Waals surface area (Å²) in [6, 6.07) is 1.90. The van der Waals surface area contributed by atoms with Crippen LogP contribution in [0.1, 0.15) is 22.9 Å². The third-order valence-corrected chi connectivity index (χ3v) is 2.20. The van der Waals surface area contributed by atoms with Gasteiger partial charge >= 0.3 is 0 Å². The lowest BCUT2D eigenvalue weighted by molar-refractivity contribution is 0.496. The Kier molecular flexibility index (Phi) is 2.23. The minimum atomic E-state index is 0.0243. The maximum absolute atomic E-state index is 5.32. The Balaban J connectivity index is 2.41. The fraction of sp³-hybridized carbons (Fsp3) is 0.182. The molecular formula is C11H11NO2. The normalized spacial score (nSPS) is 12.6. The zero-order valence-electron chi connectivity index (χ0n) is 7.93. The molecule has 1 unspecified atom stereocenters. The molecule has 1 atom stereocenters. The fourth-order valence-corrected chi connectivity index (χ4v) is 1.46. The first-order chi connectivity index (χ1) is 6.83. The van der Waals surface area contributed by atoms with E-state index >= 15 is 0 Å². The Morgan fingerprint density at radius 1 is 1.57 bits per heavy atom. The second kappa shape index (κ2) is 3.54. The SMILES string of the molecule is C=CC(c1ccoc1)c1ocnc1C. The molecule has 0 aliphatic heterocycles. The van der Waals surface area contributed by atoms with Crippen molar-refractivity contribution in [2.24, 2.45) is 0 Å². The first-order valence-electron chi connectivity index (χ1n) is 4.37. The largest absolute Gasteiger partial charge is 0.472 e.